The predicted molar refractivity (Wildman–Crippen MR) is 66.0 cm³/mol. The van der Waals surface area contributed by atoms with E-state index in [9.17, 15) is 5.11 Å². The summed E-state index contributed by atoms with van der Waals surface area (Å²) in [6.45, 7) is 9.41. The summed E-state index contributed by atoms with van der Waals surface area (Å²) in [5, 5.41) is 10.7. The molecule has 0 bridgehead atoms. The molecule has 0 aliphatic heterocycles. The molecule has 0 radical (unpaired) electrons. The molecule has 16 heavy (non-hydrogen) atoms. The lowest BCUT2D eigenvalue weighted by molar-refractivity contribution is -0.0302. The van der Waals surface area contributed by atoms with Crippen molar-refractivity contribution in [1.29, 1.82) is 0 Å². The van der Waals surface area contributed by atoms with Crippen molar-refractivity contribution >= 4 is 0 Å². The minimum atomic E-state index is -0.376. The molecule has 3 aliphatic carbocycles. The number of rotatable bonds is 0. The molecule has 3 aliphatic rings. The normalized spacial score (nSPS) is 58.7. The van der Waals surface area contributed by atoms with E-state index in [-0.39, 0.29) is 5.60 Å². The summed E-state index contributed by atoms with van der Waals surface area (Å²) in [6.07, 6.45) is 4.89. The van der Waals surface area contributed by atoms with Crippen molar-refractivity contribution in [2.75, 3.05) is 0 Å². The van der Waals surface area contributed by atoms with Crippen molar-refractivity contribution in [3.63, 3.8) is 0 Å². The molecule has 92 valence electrons. The molecule has 0 aromatic rings. The van der Waals surface area contributed by atoms with Gasteiger partial charge in [-0.2, -0.15) is 0 Å². The van der Waals surface area contributed by atoms with Crippen LogP contribution in [0, 0.1) is 35.0 Å². The van der Waals surface area contributed by atoms with Gasteiger partial charge in [0.1, 0.15) is 0 Å². The Balaban J connectivity index is 1.94. The van der Waals surface area contributed by atoms with Crippen LogP contribution in [-0.2, 0) is 0 Å². The summed E-state index contributed by atoms with van der Waals surface area (Å²) >= 11 is 0. The molecule has 0 aromatic carbocycles. The predicted octanol–water partition coefficient (Wildman–Crippen LogP) is 3.47. The zero-order chi connectivity index (χ0) is 11.7. The Hall–Kier alpha value is -0.0400. The van der Waals surface area contributed by atoms with E-state index in [0.717, 1.165) is 30.1 Å². The second-order valence-electron chi connectivity index (χ2n) is 7.59. The quantitative estimate of drug-likeness (QED) is 0.665. The number of aliphatic hydroxyl groups is 1. The third-order valence-electron chi connectivity index (χ3n) is 6.37. The van der Waals surface area contributed by atoms with Gasteiger partial charge in [-0.25, -0.2) is 0 Å². The molecule has 0 heterocycles. The standard InChI is InChI=1S/C15H26O/c1-9-5-6-10-12(9)13-11(14(13,2)3)7-8-15(10,4)16/h9-13,16H,5-8H2,1-4H3/t9-,10?,11?,12?,13?,15+/m0/s1. The van der Waals surface area contributed by atoms with Gasteiger partial charge in [-0.15, -0.1) is 0 Å². The van der Waals surface area contributed by atoms with Crippen LogP contribution in [0.15, 0.2) is 0 Å². The van der Waals surface area contributed by atoms with Crippen molar-refractivity contribution in [3.05, 3.63) is 0 Å². The van der Waals surface area contributed by atoms with Crippen LogP contribution in [0.3, 0.4) is 0 Å². The zero-order valence-corrected chi connectivity index (χ0v) is 11.2. The molecule has 4 unspecified atom stereocenters. The minimum absolute atomic E-state index is 0.376. The van der Waals surface area contributed by atoms with Crippen molar-refractivity contribution in [2.24, 2.45) is 35.0 Å². The first-order valence-corrected chi connectivity index (χ1v) is 7.08. The zero-order valence-electron chi connectivity index (χ0n) is 11.2. The van der Waals surface area contributed by atoms with Crippen LogP contribution in [-0.4, -0.2) is 10.7 Å². The van der Waals surface area contributed by atoms with E-state index in [0.29, 0.717) is 11.3 Å². The molecule has 1 heteroatoms. The third-order valence-corrected chi connectivity index (χ3v) is 6.37. The molecule has 1 nitrogen and oxygen atoms in total. The lowest BCUT2D eigenvalue weighted by Gasteiger charge is -2.35. The topological polar surface area (TPSA) is 20.2 Å². The maximum absolute atomic E-state index is 10.7. The molecule has 0 saturated heterocycles. The minimum Gasteiger partial charge on any atom is -0.390 e. The molecule has 3 fully saturated rings. The summed E-state index contributed by atoms with van der Waals surface area (Å²) in [4.78, 5) is 0. The maximum atomic E-state index is 10.7. The van der Waals surface area contributed by atoms with Crippen LogP contribution in [0.2, 0.25) is 0 Å². The van der Waals surface area contributed by atoms with Crippen LogP contribution < -0.4 is 0 Å². The molecule has 3 rings (SSSR count). The Morgan fingerprint density at radius 3 is 2.38 bits per heavy atom. The molecule has 0 aromatic heterocycles. The molecular weight excluding hydrogens is 196 g/mol. The summed E-state index contributed by atoms with van der Waals surface area (Å²) in [7, 11) is 0. The average molecular weight is 222 g/mol. The van der Waals surface area contributed by atoms with Crippen LogP contribution in [0.5, 0.6) is 0 Å². The van der Waals surface area contributed by atoms with Gasteiger partial charge in [-0.3, -0.25) is 0 Å². The fraction of sp³-hybridized carbons (Fsp3) is 1.00. The van der Waals surface area contributed by atoms with Gasteiger partial charge >= 0.3 is 0 Å². The molecule has 0 amide bonds. The SMILES string of the molecule is C[C@H]1CCC2C1C1C(CC[C@@]2(C)O)C1(C)C. The molecular formula is C15H26O. The lowest BCUT2D eigenvalue weighted by atomic mass is 9.74. The highest BCUT2D eigenvalue weighted by Gasteiger charge is 2.66. The Morgan fingerprint density at radius 2 is 1.69 bits per heavy atom. The van der Waals surface area contributed by atoms with Crippen LogP contribution in [0.4, 0.5) is 0 Å². The van der Waals surface area contributed by atoms with E-state index in [1.165, 1.54) is 19.3 Å². The van der Waals surface area contributed by atoms with E-state index in [1.807, 2.05) is 0 Å². The Labute approximate surface area is 99.6 Å². The number of hydrogen-bond donors (Lipinski definition) is 1. The second kappa shape index (κ2) is 3.04. The van der Waals surface area contributed by atoms with Gasteiger partial charge in [-0.1, -0.05) is 27.2 Å². The third kappa shape index (κ3) is 1.27. The average Bonchev–Trinajstić information content (AvgIpc) is 2.51. The summed E-state index contributed by atoms with van der Waals surface area (Å²) in [5.74, 6) is 4.03. The number of hydrogen-bond acceptors (Lipinski definition) is 1. The van der Waals surface area contributed by atoms with Gasteiger partial charge in [0.25, 0.3) is 0 Å². The fourth-order valence-corrected chi connectivity index (χ4v) is 5.29. The summed E-state index contributed by atoms with van der Waals surface area (Å²) < 4.78 is 0. The maximum Gasteiger partial charge on any atom is 0.0650 e. The smallest absolute Gasteiger partial charge is 0.0650 e. The first-order valence-electron chi connectivity index (χ1n) is 7.08. The van der Waals surface area contributed by atoms with Gasteiger partial charge in [0, 0.05) is 0 Å². The molecule has 0 spiro atoms. The van der Waals surface area contributed by atoms with Crippen molar-refractivity contribution < 1.29 is 5.11 Å². The van der Waals surface area contributed by atoms with Gasteiger partial charge in [-0.05, 0) is 61.2 Å². The first kappa shape index (κ1) is 11.1. The van der Waals surface area contributed by atoms with Crippen molar-refractivity contribution in [2.45, 2.75) is 59.0 Å². The number of fused-ring (bicyclic) bond motifs is 3. The van der Waals surface area contributed by atoms with Gasteiger partial charge in [0.15, 0.2) is 0 Å². The summed E-state index contributed by atoms with van der Waals surface area (Å²) in [6, 6.07) is 0. The molecule has 6 atom stereocenters. The van der Waals surface area contributed by atoms with Crippen LogP contribution >= 0.6 is 0 Å². The fourth-order valence-electron chi connectivity index (χ4n) is 5.29. The largest absolute Gasteiger partial charge is 0.390 e. The van der Waals surface area contributed by atoms with E-state index >= 15 is 0 Å². The van der Waals surface area contributed by atoms with E-state index in [2.05, 4.69) is 27.7 Å². The Morgan fingerprint density at radius 1 is 1.00 bits per heavy atom. The van der Waals surface area contributed by atoms with Crippen molar-refractivity contribution in [3.8, 4) is 0 Å². The monoisotopic (exact) mass is 222 g/mol. The van der Waals surface area contributed by atoms with Crippen molar-refractivity contribution in [1.82, 2.24) is 0 Å². The van der Waals surface area contributed by atoms with E-state index in [1.54, 1.807) is 0 Å². The lowest BCUT2D eigenvalue weighted by Crippen LogP contribution is -2.38. The van der Waals surface area contributed by atoms with Crippen LogP contribution in [0.25, 0.3) is 0 Å². The van der Waals surface area contributed by atoms with Gasteiger partial charge < -0.3 is 5.11 Å². The first-order chi connectivity index (χ1) is 7.36. The van der Waals surface area contributed by atoms with Crippen LogP contribution in [0.1, 0.15) is 53.4 Å². The van der Waals surface area contributed by atoms with Gasteiger partial charge in [0.2, 0.25) is 0 Å². The highest BCUT2D eigenvalue weighted by atomic mass is 16.3. The molecule has 1 N–H and O–H groups in total. The highest BCUT2D eigenvalue weighted by molar-refractivity contribution is 5.14. The highest BCUT2D eigenvalue weighted by Crippen LogP contribution is 2.71. The van der Waals surface area contributed by atoms with Gasteiger partial charge in [0.05, 0.1) is 5.60 Å². The van der Waals surface area contributed by atoms with E-state index < -0.39 is 0 Å². The second-order valence-corrected chi connectivity index (χ2v) is 7.59. The molecule has 3 saturated carbocycles. The van der Waals surface area contributed by atoms with E-state index in [4.69, 9.17) is 0 Å². The Bertz CT molecular complexity index is 305. The Kier molecular flexibility index (Phi) is 2.11. The summed E-state index contributed by atoms with van der Waals surface area (Å²) in [5.41, 5.74) is 0.191.